The summed E-state index contributed by atoms with van der Waals surface area (Å²) in [5.41, 5.74) is 4.90. The molecule has 0 aliphatic heterocycles. The Morgan fingerprint density at radius 2 is 1.54 bits per heavy atom. The van der Waals surface area contributed by atoms with Crippen molar-refractivity contribution in [2.24, 2.45) is 5.41 Å². The summed E-state index contributed by atoms with van der Waals surface area (Å²) in [6, 6.07) is 16.3. The summed E-state index contributed by atoms with van der Waals surface area (Å²) in [7, 11) is 0. The predicted octanol–water partition coefficient (Wildman–Crippen LogP) is 7.85. The van der Waals surface area contributed by atoms with Crippen LogP contribution in [0.25, 0.3) is 11.1 Å². The van der Waals surface area contributed by atoms with E-state index in [9.17, 15) is 20.4 Å². The topological polar surface area (TPSA) is 84.9 Å². The zero-order valence-electron chi connectivity index (χ0n) is 21.1. The zero-order chi connectivity index (χ0) is 25.1. The Morgan fingerprint density at radius 3 is 2.06 bits per heavy atom. The molecule has 0 spiro atoms. The molecule has 4 heteroatoms. The van der Waals surface area contributed by atoms with E-state index in [4.69, 9.17) is 0 Å². The summed E-state index contributed by atoms with van der Waals surface area (Å²) in [6.45, 7) is 4.13. The van der Waals surface area contributed by atoms with Crippen LogP contribution in [0.15, 0.2) is 36.4 Å². The zero-order valence-corrected chi connectivity index (χ0v) is 21.1. The molecule has 2 aromatic rings. The van der Waals surface area contributed by atoms with Crippen molar-refractivity contribution in [3.05, 3.63) is 58.7 Å². The van der Waals surface area contributed by atoms with Gasteiger partial charge in [0, 0.05) is 5.56 Å². The smallest absolute Gasteiger partial charge is 0.310 e. The Hall–Kier alpha value is -3.11. The summed E-state index contributed by atoms with van der Waals surface area (Å²) in [6.07, 6.45) is 12.8. The molecule has 0 aromatic heterocycles. The molecule has 1 atom stereocenters. The average Bonchev–Trinajstić information content (AvgIpc) is 2.89. The van der Waals surface area contributed by atoms with Crippen LogP contribution in [-0.4, -0.2) is 11.1 Å². The van der Waals surface area contributed by atoms with E-state index >= 15 is 0 Å². The Balaban J connectivity index is 1.64. The van der Waals surface area contributed by atoms with Crippen molar-refractivity contribution in [3.63, 3.8) is 0 Å². The van der Waals surface area contributed by atoms with Gasteiger partial charge in [0.25, 0.3) is 0 Å². The lowest BCUT2D eigenvalue weighted by atomic mass is 9.50. The van der Waals surface area contributed by atoms with Gasteiger partial charge in [0.15, 0.2) is 0 Å². The van der Waals surface area contributed by atoms with Gasteiger partial charge in [-0.1, -0.05) is 69.5 Å². The third kappa shape index (κ3) is 4.60. The predicted molar refractivity (Wildman–Crippen MR) is 138 cm³/mol. The van der Waals surface area contributed by atoms with Crippen molar-refractivity contribution in [2.75, 3.05) is 0 Å². The average molecular weight is 469 g/mol. The highest BCUT2D eigenvalue weighted by Gasteiger charge is 2.49. The number of nitrogens with zero attached hydrogens (tertiary/aromatic N) is 2. The molecule has 1 unspecified atom stereocenters. The summed E-state index contributed by atoms with van der Waals surface area (Å²) in [4.78, 5) is 11.5. The lowest BCUT2D eigenvalue weighted by Gasteiger charge is -2.54. The van der Waals surface area contributed by atoms with Crippen molar-refractivity contribution in [2.45, 2.75) is 95.8 Å². The van der Waals surface area contributed by atoms with Crippen LogP contribution in [0.2, 0.25) is 0 Å². The van der Waals surface area contributed by atoms with Gasteiger partial charge in [0.1, 0.15) is 12.1 Å². The summed E-state index contributed by atoms with van der Waals surface area (Å²) < 4.78 is 0. The number of unbranched alkanes of at least 4 members (excludes halogenated alkanes) is 2. The van der Waals surface area contributed by atoms with Gasteiger partial charge >= 0.3 is 5.97 Å². The molecule has 2 aromatic carbocycles. The summed E-state index contributed by atoms with van der Waals surface area (Å²) in [5, 5.41) is 29.8. The second-order valence-electron chi connectivity index (χ2n) is 10.8. The van der Waals surface area contributed by atoms with Crippen molar-refractivity contribution in [1.29, 1.82) is 10.5 Å². The molecule has 5 rings (SSSR count). The highest BCUT2D eigenvalue weighted by Crippen LogP contribution is 2.60. The fourth-order valence-electron chi connectivity index (χ4n) is 6.76. The first-order valence-corrected chi connectivity index (χ1v) is 13.2. The van der Waals surface area contributed by atoms with Crippen LogP contribution in [0.3, 0.4) is 0 Å². The van der Waals surface area contributed by atoms with Gasteiger partial charge in [0.05, 0.1) is 17.0 Å². The van der Waals surface area contributed by atoms with Crippen molar-refractivity contribution in [1.82, 2.24) is 0 Å². The number of carboxylic acids is 1. The third-order valence-electron chi connectivity index (χ3n) is 9.04. The molecule has 0 heterocycles. The van der Waals surface area contributed by atoms with Crippen molar-refractivity contribution in [3.8, 4) is 23.3 Å². The molecule has 1 N–H and O–H groups in total. The second-order valence-corrected chi connectivity index (χ2v) is 10.8. The first-order valence-electron chi connectivity index (χ1n) is 13.2. The van der Waals surface area contributed by atoms with Crippen LogP contribution in [0, 0.1) is 28.1 Å². The largest absolute Gasteiger partial charge is 0.481 e. The minimum atomic E-state index is -0.831. The number of rotatable bonds is 9. The van der Waals surface area contributed by atoms with Crippen LogP contribution in [0.4, 0.5) is 0 Å². The van der Waals surface area contributed by atoms with E-state index < -0.39 is 11.9 Å². The number of aliphatic carboxylic acids is 1. The Kier molecular flexibility index (Phi) is 7.32. The third-order valence-corrected chi connectivity index (χ3v) is 9.04. The fraction of sp³-hybridized carbons (Fsp3) is 0.516. The van der Waals surface area contributed by atoms with Crippen LogP contribution in [0.1, 0.15) is 113 Å². The number of carbonyl (C=O) groups is 1. The molecule has 0 saturated heterocycles. The maximum absolute atomic E-state index is 11.5. The van der Waals surface area contributed by atoms with Crippen LogP contribution >= 0.6 is 0 Å². The molecule has 3 aliphatic carbocycles. The molecule has 35 heavy (non-hydrogen) atoms. The van der Waals surface area contributed by atoms with Gasteiger partial charge in [-0.15, -0.1) is 0 Å². The van der Waals surface area contributed by atoms with Crippen LogP contribution < -0.4 is 0 Å². The van der Waals surface area contributed by atoms with E-state index in [0.717, 1.165) is 41.5 Å². The quantitative estimate of drug-likeness (QED) is 0.380. The first-order chi connectivity index (χ1) is 16.9. The second kappa shape index (κ2) is 10.2. The molecule has 3 aliphatic rings. The highest BCUT2D eigenvalue weighted by molar-refractivity contribution is 5.78. The number of fused-ring (bicyclic) bond motifs is 3. The Bertz CT molecular complexity index is 1140. The van der Waals surface area contributed by atoms with Crippen LogP contribution in [0.5, 0.6) is 0 Å². The molecule has 182 valence electrons. The first kappa shape index (κ1) is 25.0. The minimum absolute atomic E-state index is 0.0153. The van der Waals surface area contributed by atoms with E-state index in [0.29, 0.717) is 23.0 Å². The Morgan fingerprint density at radius 1 is 0.914 bits per heavy atom. The van der Waals surface area contributed by atoms with Gasteiger partial charge in [0.2, 0.25) is 0 Å². The maximum Gasteiger partial charge on any atom is 0.310 e. The number of nitriles is 2. The van der Waals surface area contributed by atoms with E-state index in [1.807, 2.05) is 37.3 Å². The van der Waals surface area contributed by atoms with Gasteiger partial charge in [-0.05, 0) is 78.9 Å². The van der Waals surface area contributed by atoms with Gasteiger partial charge in [-0.25, -0.2) is 0 Å². The molecular weight excluding hydrogens is 432 g/mol. The highest BCUT2D eigenvalue weighted by atomic mass is 16.4. The molecule has 0 amide bonds. The molecule has 0 radical (unpaired) electrons. The maximum atomic E-state index is 11.5. The number of benzene rings is 2. The molecule has 3 saturated carbocycles. The van der Waals surface area contributed by atoms with Crippen molar-refractivity contribution < 1.29 is 9.90 Å². The van der Waals surface area contributed by atoms with Gasteiger partial charge in [-0.2, -0.15) is 10.5 Å². The summed E-state index contributed by atoms with van der Waals surface area (Å²) in [5.74, 6) is -1.37. The molecule has 2 bridgehead atoms. The van der Waals surface area contributed by atoms with Crippen LogP contribution in [-0.2, 0) is 10.2 Å². The monoisotopic (exact) mass is 468 g/mol. The van der Waals surface area contributed by atoms with Gasteiger partial charge in [-0.3, -0.25) is 4.79 Å². The standard InChI is InChI=1S/C31H36N2O2/c1-3-5-6-13-30-14-17-31(18-15-30,19-16-30)28-12-11-25(26(20-32)27(28)21-33)23-9-7-22(8-10-23)24(4-2)29(34)35/h7-12,24H,3-6,13-19H2,1-2H3,(H,34,35). The normalized spacial score (nSPS) is 23.9. The van der Waals surface area contributed by atoms with Gasteiger partial charge < -0.3 is 5.11 Å². The van der Waals surface area contributed by atoms with E-state index in [-0.39, 0.29) is 5.41 Å². The SMILES string of the molecule is CCCCCC12CCC(c3ccc(-c4ccc(C(CC)C(=O)O)cc4)c(C#N)c3C#N)(CC1)CC2. The molecular formula is C31H36N2O2. The minimum Gasteiger partial charge on any atom is -0.481 e. The lowest BCUT2D eigenvalue weighted by molar-refractivity contribution is -0.138. The summed E-state index contributed by atoms with van der Waals surface area (Å²) >= 11 is 0. The number of hydrogen-bond donors (Lipinski definition) is 1. The van der Waals surface area contributed by atoms with E-state index in [1.54, 1.807) is 0 Å². The lowest BCUT2D eigenvalue weighted by Crippen LogP contribution is -2.44. The molecule has 3 fully saturated rings. The number of carboxylic acid groups (broad SMARTS) is 1. The number of hydrogen-bond acceptors (Lipinski definition) is 3. The van der Waals surface area contributed by atoms with E-state index in [1.165, 1.54) is 44.9 Å². The fourth-order valence-corrected chi connectivity index (χ4v) is 6.76. The molecule has 4 nitrogen and oxygen atoms in total. The van der Waals surface area contributed by atoms with E-state index in [2.05, 4.69) is 25.1 Å². The van der Waals surface area contributed by atoms with Crippen molar-refractivity contribution >= 4 is 5.97 Å². The Labute approximate surface area is 209 Å².